The van der Waals surface area contributed by atoms with E-state index in [-0.39, 0.29) is 0 Å². The molecule has 1 nitrogen and oxygen atoms in total. The summed E-state index contributed by atoms with van der Waals surface area (Å²) in [7, 11) is 0. The molecule has 2 atom stereocenters. The lowest BCUT2D eigenvalue weighted by atomic mass is 9.61. The van der Waals surface area contributed by atoms with Gasteiger partial charge in [-0.05, 0) is 0 Å². The monoisotopic (exact) mass is 658 g/mol. The molecule has 25 heteroatoms. The maximum atomic E-state index is 15.0. The Morgan fingerprint density at radius 2 is 0.625 bits per heavy atom. The maximum Gasteiger partial charge on any atom is 0.457 e. The van der Waals surface area contributed by atoms with E-state index in [0.29, 0.717) is 0 Å². The van der Waals surface area contributed by atoms with E-state index in [1.54, 1.807) is 0 Å². The van der Waals surface area contributed by atoms with Crippen LogP contribution in [0.1, 0.15) is 12.8 Å². The molecule has 0 radical (unpaired) electrons. The molecule has 0 aromatic heterocycles. The largest absolute Gasteiger partial charge is 0.457 e. The minimum atomic E-state index is -9.24. The predicted octanol–water partition coefficient (Wildman–Crippen LogP) is 8.58. The SMILES string of the molecule is FC(F)(F)C(F)(F)C(F)(C(F)(F)C(F)(F)F)C(CC1OC1CC(F)(C(F)(F)F)C(F)(F)F)(C(F)(F)F)C(F)(F)F. The fourth-order valence-electron chi connectivity index (χ4n) is 3.56. The quantitative estimate of drug-likeness (QED) is 0.197. The van der Waals surface area contributed by atoms with Crippen molar-refractivity contribution in [2.45, 2.75) is 85.3 Å². The van der Waals surface area contributed by atoms with Gasteiger partial charge in [-0.15, -0.1) is 0 Å². The van der Waals surface area contributed by atoms with Gasteiger partial charge >= 0.3 is 54.6 Å². The van der Waals surface area contributed by atoms with Crippen LogP contribution < -0.4 is 0 Å². The molecule has 1 aliphatic heterocycles. The minimum absolute atomic E-state index is 3.38. The summed E-state index contributed by atoms with van der Waals surface area (Å²) in [4.78, 5) is 0. The molecule has 0 saturated carbocycles. The van der Waals surface area contributed by atoms with E-state index in [1.165, 1.54) is 0 Å². The van der Waals surface area contributed by atoms with Gasteiger partial charge in [0.2, 0.25) is 5.41 Å². The van der Waals surface area contributed by atoms with Gasteiger partial charge in [-0.25, -0.2) is 8.78 Å². The zero-order valence-electron chi connectivity index (χ0n) is 17.5. The Kier molecular flexibility index (Phi) is 8.29. The molecule has 1 fully saturated rings. The van der Waals surface area contributed by atoms with Crippen molar-refractivity contribution in [1.82, 2.24) is 0 Å². The van der Waals surface area contributed by atoms with Crippen LogP contribution >= 0.6 is 0 Å². The van der Waals surface area contributed by atoms with Gasteiger partial charge in [0.25, 0.3) is 5.67 Å². The molecule has 2 unspecified atom stereocenters. The second-order valence-electron chi connectivity index (χ2n) is 8.12. The van der Waals surface area contributed by atoms with Crippen LogP contribution in [0.4, 0.5) is 105 Å². The second kappa shape index (κ2) is 9.14. The Morgan fingerprint density at radius 3 is 0.850 bits per heavy atom. The van der Waals surface area contributed by atoms with Gasteiger partial charge in [-0.3, -0.25) is 0 Å². The molecule has 1 rings (SSSR count). The number of hydrogen-bond acceptors (Lipinski definition) is 1. The van der Waals surface area contributed by atoms with Crippen LogP contribution in [0.15, 0.2) is 0 Å². The number of halogens is 24. The molecule has 0 spiro atoms. The molecular formula is C15H6F24O. The molecule has 1 aliphatic rings. The number of alkyl halides is 24. The number of epoxide rings is 1. The highest BCUT2D eigenvalue weighted by molar-refractivity contribution is 5.24. The molecule has 0 aliphatic carbocycles. The Bertz CT molecular complexity index is 853. The van der Waals surface area contributed by atoms with Crippen LogP contribution in [0.25, 0.3) is 0 Å². The Balaban J connectivity index is 4.07. The average molecular weight is 658 g/mol. The number of rotatable bonds is 7. The third kappa shape index (κ3) is 4.97. The molecule has 0 aromatic rings. The normalized spacial score (nSPS) is 21.6. The lowest BCUT2D eigenvalue weighted by Crippen LogP contribution is -2.80. The van der Waals surface area contributed by atoms with Crippen molar-refractivity contribution < 1.29 is 110 Å². The zero-order chi connectivity index (χ0) is 32.8. The Morgan fingerprint density at radius 1 is 0.350 bits per heavy atom. The van der Waals surface area contributed by atoms with Crippen LogP contribution in [-0.4, -0.2) is 72.4 Å². The standard InChI is InChI=1S/C15H6F24O/c16-6(12(28,29)30,13(31,32)33)2-4-3(40-4)1-5(10(22,23)24,11(25,26)27)7(17,8(18,19)14(34,35)36)9(20,21)15(37,38)39/h3-4H,1-2H2. The fourth-order valence-corrected chi connectivity index (χ4v) is 3.56. The molecule has 0 N–H and O–H groups in total. The van der Waals surface area contributed by atoms with Crippen LogP contribution in [0.5, 0.6) is 0 Å². The first kappa shape index (κ1) is 36.3. The van der Waals surface area contributed by atoms with E-state index >= 15 is 4.39 Å². The van der Waals surface area contributed by atoms with Gasteiger partial charge in [-0.1, -0.05) is 0 Å². The van der Waals surface area contributed by atoms with Crippen molar-refractivity contribution >= 4 is 0 Å². The van der Waals surface area contributed by atoms with Crippen LogP contribution in [0, 0.1) is 5.41 Å². The Hall–Kier alpha value is -1.72. The molecule has 1 saturated heterocycles. The molecule has 0 bridgehead atoms. The van der Waals surface area contributed by atoms with Crippen molar-refractivity contribution in [3.63, 3.8) is 0 Å². The molecule has 0 aromatic carbocycles. The van der Waals surface area contributed by atoms with Crippen LogP contribution in [-0.2, 0) is 4.74 Å². The molecule has 40 heavy (non-hydrogen) atoms. The van der Waals surface area contributed by atoms with Gasteiger partial charge in [-0.2, -0.15) is 96.6 Å². The average Bonchev–Trinajstić information content (AvgIpc) is 3.36. The van der Waals surface area contributed by atoms with Crippen molar-refractivity contribution in [1.29, 1.82) is 0 Å². The molecule has 0 amide bonds. The van der Waals surface area contributed by atoms with E-state index in [4.69, 9.17) is 0 Å². The summed E-state index contributed by atoms with van der Waals surface area (Å²) in [6.45, 7) is 0. The first-order chi connectivity index (χ1) is 16.9. The number of hydrogen-bond donors (Lipinski definition) is 0. The first-order valence-corrected chi connectivity index (χ1v) is 9.11. The summed E-state index contributed by atoms with van der Waals surface area (Å²) < 4.78 is 321. The zero-order valence-corrected chi connectivity index (χ0v) is 17.5. The van der Waals surface area contributed by atoms with Crippen molar-refractivity contribution in [3.05, 3.63) is 0 Å². The summed E-state index contributed by atoms with van der Waals surface area (Å²) in [5, 5.41) is 0. The molecular weight excluding hydrogens is 652 g/mol. The predicted molar refractivity (Wildman–Crippen MR) is 74.2 cm³/mol. The number of ether oxygens (including phenoxy) is 1. The highest BCUT2D eigenvalue weighted by atomic mass is 19.5. The summed E-state index contributed by atoms with van der Waals surface area (Å²) in [6.07, 6.45) is -63.6. The lowest BCUT2D eigenvalue weighted by Gasteiger charge is -2.52. The summed E-state index contributed by atoms with van der Waals surface area (Å²) in [5.74, 6) is -18.0. The van der Waals surface area contributed by atoms with Gasteiger partial charge in [0.1, 0.15) is 0 Å². The highest BCUT2D eigenvalue weighted by Crippen LogP contribution is 2.73. The summed E-state index contributed by atoms with van der Waals surface area (Å²) >= 11 is 0. The lowest BCUT2D eigenvalue weighted by molar-refractivity contribution is -0.487. The van der Waals surface area contributed by atoms with E-state index < -0.39 is 90.7 Å². The van der Waals surface area contributed by atoms with Gasteiger partial charge in [0, 0.05) is 12.8 Å². The van der Waals surface area contributed by atoms with Gasteiger partial charge in [0.05, 0.1) is 12.2 Å². The third-order valence-corrected chi connectivity index (χ3v) is 5.71. The summed E-state index contributed by atoms with van der Waals surface area (Å²) in [5.41, 5.74) is -24.2. The van der Waals surface area contributed by atoms with E-state index in [1.807, 2.05) is 0 Å². The minimum Gasteiger partial charge on any atom is -0.369 e. The van der Waals surface area contributed by atoms with Crippen molar-refractivity contribution in [2.24, 2.45) is 5.41 Å². The fraction of sp³-hybridized carbons (Fsp3) is 1.00. The topological polar surface area (TPSA) is 12.5 Å². The molecule has 240 valence electrons. The van der Waals surface area contributed by atoms with Gasteiger partial charge < -0.3 is 4.74 Å². The Labute approximate surface area is 202 Å². The smallest absolute Gasteiger partial charge is 0.369 e. The van der Waals surface area contributed by atoms with Crippen LogP contribution in [0.3, 0.4) is 0 Å². The van der Waals surface area contributed by atoms with E-state index in [0.717, 1.165) is 0 Å². The van der Waals surface area contributed by atoms with E-state index in [9.17, 15) is 101 Å². The second-order valence-corrected chi connectivity index (χ2v) is 8.12. The summed E-state index contributed by atoms with van der Waals surface area (Å²) in [6, 6.07) is 0. The highest BCUT2D eigenvalue weighted by Gasteiger charge is 3.00. The van der Waals surface area contributed by atoms with Crippen LogP contribution in [0.2, 0.25) is 0 Å². The van der Waals surface area contributed by atoms with E-state index in [2.05, 4.69) is 4.74 Å². The van der Waals surface area contributed by atoms with Gasteiger partial charge in [0.15, 0.2) is 0 Å². The van der Waals surface area contributed by atoms with Crippen molar-refractivity contribution in [2.75, 3.05) is 0 Å². The molecule has 1 heterocycles. The third-order valence-electron chi connectivity index (χ3n) is 5.71. The first-order valence-electron chi connectivity index (χ1n) is 9.11. The van der Waals surface area contributed by atoms with Crippen molar-refractivity contribution in [3.8, 4) is 0 Å². The maximum absolute atomic E-state index is 15.0.